The average molecular weight is 367 g/mol. The van der Waals surface area contributed by atoms with Gasteiger partial charge in [0, 0.05) is 18.5 Å². The van der Waals surface area contributed by atoms with Crippen molar-refractivity contribution in [3.63, 3.8) is 0 Å². The van der Waals surface area contributed by atoms with Crippen LogP contribution in [0.1, 0.15) is 25.0 Å². The van der Waals surface area contributed by atoms with Gasteiger partial charge in [-0.05, 0) is 49.5 Å². The van der Waals surface area contributed by atoms with Gasteiger partial charge in [-0.15, -0.1) is 0 Å². The van der Waals surface area contributed by atoms with Crippen LogP contribution in [0.5, 0.6) is 5.75 Å². The number of hydrogen-bond donors (Lipinski definition) is 1. The molecule has 1 heterocycles. The van der Waals surface area contributed by atoms with Crippen LogP contribution >= 0.6 is 0 Å². The van der Waals surface area contributed by atoms with Crippen LogP contribution in [-0.2, 0) is 17.8 Å². The largest absolute Gasteiger partial charge is 0.496 e. The lowest BCUT2D eigenvalue weighted by atomic mass is 9.87. The summed E-state index contributed by atoms with van der Waals surface area (Å²) in [6.07, 6.45) is 0.776. The van der Waals surface area contributed by atoms with E-state index in [-0.39, 0.29) is 17.9 Å². The molecule has 1 fully saturated rings. The molecule has 1 N–H and O–H groups in total. The Morgan fingerprint density at radius 3 is 2.41 bits per heavy atom. The maximum absolute atomic E-state index is 13.3. The molecule has 2 unspecified atom stereocenters. The molecule has 0 bridgehead atoms. The number of nitrogens with one attached hydrogen (secondary N) is 1. The highest BCUT2D eigenvalue weighted by Crippen LogP contribution is 2.25. The van der Waals surface area contributed by atoms with Crippen LogP contribution in [0.2, 0.25) is 0 Å². The fourth-order valence-corrected chi connectivity index (χ4v) is 3.66. The standard InChI is InChI=1S/C23H30N2O2/c1-17(13-20-11-7-8-12-22(20)27-3)25(16-19-9-5-4-6-10-19)23(26)18(2)21-14-24-15-21/h4-12,17-18,21,24H,13-16H2,1-3H3. The van der Waals surface area contributed by atoms with Crippen LogP contribution in [0.3, 0.4) is 0 Å². The molecule has 4 nitrogen and oxygen atoms in total. The van der Waals surface area contributed by atoms with Gasteiger partial charge in [0.1, 0.15) is 5.75 Å². The first-order valence-electron chi connectivity index (χ1n) is 9.77. The number of carbonyl (C=O) groups excluding carboxylic acids is 1. The number of ether oxygens (including phenoxy) is 1. The third kappa shape index (κ3) is 4.69. The van der Waals surface area contributed by atoms with Crippen molar-refractivity contribution in [1.29, 1.82) is 0 Å². The van der Waals surface area contributed by atoms with Crippen molar-refractivity contribution in [2.75, 3.05) is 20.2 Å². The molecule has 2 atom stereocenters. The molecule has 2 aromatic carbocycles. The van der Waals surface area contributed by atoms with Crippen molar-refractivity contribution >= 4 is 5.91 Å². The van der Waals surface area contributed by atoms with E-state index >= 15 is 0 Å². The zero-order valence-electron chi connectivity index (χ0n) is 16.5. The summed E-state index contributed by atoms with van der Waals surface area (Å²) in [6, 6.07) is 18.4. The minimum absolute atomic E-state index is 0.0371. The first-order valence-corrected chi connectivity index (χ1v) is 9.77. The van der Waals surface area contributed by atoms with Crippen LogP contribution in [0, 0.1) is 11.8 Å². The number of carbonyl (C=O) groups is 1. The molecule has 1 aliphatic rings. The van der Waals surface area contributed by atoms with Gasteiger partial charge in [0.2, 0.25) is 5.91 Å². The molecule has 0 aliphatic carbocycles. The van der Waals surface area contributed by atoms with E-state index < -0.39 is 0 Å². The van der Waals surface area contributed by atoms with Gasteiger partial charge in [0.05, 0.1) is 7.11 Å². The number of benzene rings is 2. The Bertz CT molecular complexity index is 743. The molecule has 0 spiro atoms. The molecule has 0 aromatic heterocycles. The Kier molecular flexibility index (Phi) is 6.51. The number of rotatable bonds is 8. The third-order valence-corrected chi connectivity index (χ3v) is 5.63. The van der Waals surface area contributed by atoms with Crippen molar-refractivity contribution in [2.24, 2.45) is 11.8 Å². The Morgan fingerprint density at radius 1 is 1.11 bits per heavy atom. The maximum atomic E-state index is 13.3. The summed E-state index contributed by atoms with van der Waals surface area (Å²) >= 11 is 0. The molecule has 3 rings (SSSR count). The highest BCUT2D eigenvalue weighted by molar-refractivity contribution is 5.79. The molecule has 144 valence electrons. The molecule has 27 heavy (non-hydrogen) atoms. The maximum Gasteiger partial charge on any atom is 0.226 e. The van der Waals surface area contributed by atoms with Gasteiger partial charge in [0.25, 0.3) is 0 Å². The highest BCUT2D eigenvalue weighted by atomic mass is 16.5. The van der Waals surface area contributed by atoms with Gasteiger partial charge in [-0.1, -0.05) is 55.5 Å². The van der Waals surface area contributed by atoms with Crippen LogP contribution in [0.15, 0.2) is 54.6 Å². The minimum atomic E-state index is 0.0371. The molecule has 2 aromatic rings. The third-order valence-electron chi connectivity index (χ3n) is 5.63. The summed E-state index contributed by atoms with van der Waals surface area (Å²) in [6.45, 7) is 6.72. The SMILES string of the molecule is COc1ccccc1CC(C)N(Cc1ccccc1)C(=O)C(C)C1CNC1. The summed E-state index contributed by atoms with van der Waals surface area (Å²) < 4.78 is 5.51. The fraction of sp³-hybridized carbons (Fsp3) is 0.435. The molecule has 1 saturated heterocycles. The van der Waals surface area contributed by atoms with Crippen LogP contribution in [0.25, 0.3) is 0 Å². The Labute approximate surface area is 162 Å². The van der Waals surface area contributed by atoms with E-state index in [1.807, 2.05) is 41.3 Å². The average Bonchev–Trinajstić information content (AvgIpc) is 2.65. The molecular formula is C23H30N2O2. The van der Waals surface area contributed by atoms with Crippen molar-refractivity contribution in [2.45, 2.75) is 32.9 Å². The van der Waals surface area contributed by atoms with E-state index in [1.165, 1.54) is 0 Å². The monoisotopic (exact) mass is 366 g/mol. The second kappa shape index (κ2) is 9.05. The summed E-state index contributed by atoms with van der Waals surface area (Å²) in [5, 5.41) is 3.28. The summed E-state index contributed by atoms with van der Waals surface area (Å²) in [5.41, 5.74) is 2.30. The second-order valence-corrected chi connectivity index (χ2v) is 7.52. The normalized spacial score (nSPS) is 16.3. The van der Waals surface area contributed by atoms with E-state index in [0.717, 1.165) is 36.4 Å². The molecular weight excluding hydrogens is 336 g/mol. The first kappa shape index (κ1) is 19.4. The van der Waals surface area contributed by atoms with Crippen LogP contribution in [-0.4, -0.2) is 37.0 Å². The number of amides is 1. The highest BCUT2D eigenvalue weighted by Gasteiger charge is 2.33. The number of para-hydroxylation sites is 1. The second-order valence-electron chi connectivity index (χ2n) is 7.52. The Morgan fingerprint density at radius 2 is 1.78 bits per heavy atom. The molecule has 1 aliphatic heterocycles. The predicted octanol–water partition coefficient (Wildman–Crippen LogP) is 3.51. The van der Waals surface area contributed by atoms with E-state index in [2.05, 4.69) is 37.4 Å². The lowest BCUT2D eigenvalue weighted by molar-refractivity contribution is -0.140. The van der Waals surface area contributed by atoms with Gasteiger partial charge < -0.3 is 15.0 Å². The van der Waals surface area contributed by atoms with Gasteiger partial charge in [-0.3, -0.25) is 4.79 Å². The number of methoxy groups -OCH3 is 1. The summed E-state index contributed by atoms with van der Waals surface area (Å²) in [7, 11) is 1.70. The molecule has 0 radical (unpaired) electrons. The topological polar surface area (TPSA) is 41.6 Å². The molecule has 1 amide bonds. The van der Waals surface area contributed by atoms with E-state index in [0.29, 0.717) is 12.5 Å². The number of hydrogen-bond acceptors (Lipinski definition) is 3. The first-order chi connectivity index (χ1) is 13.1. The quantitative estimate of drug-likeness (QED) is 0.777. The van der Waals surface area contributed by atoms with Crippen molar-refractivity contribution in [3.8, 4) is 5.75 Å². The fourth-order valence-electron chi connectivity index (χ4n) is 3.66. The summed E-state index contributed by atoms with van der Waals surface area (Å²) in [5.74, 6) is 1.60. The van der Waals surface area contributed by atoms with Gasteiger partial charge in [-0.2, -0.15) is 0 Å². The zero-order valence-corrected chi connectivity index (χ0v) is 16.5. The van der Waals surface area contributed by atoms with Crippen molar-refractivity contribution < 1.29 is 9.53 Å². The lowest BCUT2D eigenvalue weighted by Crippen LogP contribution is -2.52. The minimum Gasteiger partial charge on any atom is -0.496 e. The lowest BCUT2D eigenvalue weighted by Gasteiger charge is -2.37. The van der Waals surface area contributed by atoms with Crippen LogP contribution in [0.4, 0.5) is 0 Å². The van der Waals surface area contributed by atoms with E-state index in [1.54, 1.807) is 7.11 Å². The van der Waals surface area contributed by atoms with Gasteiger partial charge in [0.15, 0.2) is 0 Å². The smallest absolute Gasteiger partial charge is 0.226 e. The summed E-state index contributed by atoms with van der Waals surface area (Å²) in [4.78, 5) is 15.4. The zero-order chi connectivity index (χ0) is 19.2. The van der Waals surface area contributed by atoms with E-state index in [4.69, 9.17) is 4.74 Å². The van der Waals surface area contributed by atoms with E-state index in [9.17, 15) is 4.79 Å². The van der Waals surface area contributed by atoms with Crippen molar-refractivity contribution in [3.05, 3.63) is 65.7 Å². The van der Waals surface area contributed by atoms with Crippen molar-refractivity contribution in [1.82, 2.24) is 10.2 Å². The Balaban J connectivity index is 1.80. The van der Waals surface area contributed by atoms with Gasteiger partial charge in [-0.25, -0.2) is 0 Å². The van der Waals surface area contributed by atoms with Gasteiger partial charge >= 0.3 is 0 Å². The predicted molar refractivity (Wildman–Crippen MR) is 109 cm³/mol. The van der Waals surface area contributed by atoms with Crippen LogP contribution < -0.4 is 10.1 Å². The Hall–Kier alpha value is -2.33. The molecule has 4 heteroatoms. The number of nitrogens with zero attached hydrogens (tertiary/aromatic N) is 1. The molecule has 0 saturated carbocycles.